The Kier molecular flexibility index (Phi) is 7.57. The molecular formula is C26H32N2O5S2. The van der Waals surface area contributed by atoms with E-state index in [1.54, 1.807) is 0 Å². The fourth-order valence-corrected chi connectivity index (χ4v) is 7.33. The maximum atomic E-state index is 13.6. The number of ether oxygens (including phenoxy) is 1. The second-order valence-electron chi connectivity index (χ2n) is 9.67. The summed E-state index contributed by atoms with van der Waals surface area (Å²) in [5.41, 5.74) is 0.680. The molecule has 9 heteroatoms. The van der Waals surface area contributed by atoms with E-state index in [1.807, 2.05) is 13.8 Å². The van der Waals surface area contributed by atoms with E-state index in [-0.39, 0.29) is 34.9 Å². The first-order chi connectivity index (χ1) is 16.3. The number of nitrogens with one attached hydrogen (secondary N) is 1. The van der Waals surface area contributed by atoms with E-state index in [2.05, 4.69) is 32.3 Å². The normalized spacial score (nSPS) is 16.4. The summed E-state index contributed by atoms with van der Waals surface area (Å²) < 4.78 is 32.3. The number of rotatable bonds is 9. The molecule has 2 aromatic rings. The summed E-state index contributed by atoms with van der Waals surface area (Å²) in [5.74, 6) is -0.903. The van der Waals surface area contributed by atoms with Gasteiger partial charge in [0.05, 0.1) is 22.4 Å². The van der Waals surface area contributed by atoms with Crippen LogP contribution in [0.1, 0.15) is 63.7 Å². The fraction of sp³-hybridized carbons (Fsp3) is 0.385. The van der Waals surface area contributed by atoms with E-state index in [4.69, 9.17) is 4.74 Å². The van der Waals surface area contributed by atoms with Crippen LogP contribution in [0.4, 0.5) is 0 Å². The predicted molar refractivity (Wildman–Crippen MR) is 139 cm³/mol. The zero-order valence-corrected chi connectivity index (χ0v) is 22.4. The molecule has 0 saturated carbocycles. The number of fused-ring (bicyclic) bond motifs is 1. The minimum absolute atomic E-state index is 0.0588. The fourth-order valence-electron chi connectivity index (χ4n) is 4.62. The van der Waals surface area contributed by atoms with Gasteiger partial charge in [-0.05, 0) is 63.9 Å². The summed E-state index contributed by atoms with van der Waals surface area (Å²) in [7, 11) is -2.49. The third-order valence-electron chi connectivity index (χ3n) is 5.86. The number of hydrogen-bond donors (Lipinski definition) is 1. The van der Waals surface area contributed by atoms with Gasteiger partial charge in [-0.2, -0.15) is 4.31 Å². The lowest BCUT2D eigenvalue weighted by molar-refractivity contribution is 0.0596. The minimum atomic E-state index is -3.79. The highest BCUT2D eigenvalue weighted by Gasteiger charge is 2.42. The van der Waals surface area contributed by atoms with Crippen LogP contribution < -0.4 is 5.32 Å². The van der Waals surface area contributed by atoms with Gasteiger partial charge >= 0.3 is 5.97 Å². The molecule has 0 aliphatic carbocycles. The topological polar surface area (TPSA) is 92.8 Å². The van der Waals surface area contributed by atoms with Crippen LogP contribution in [0.25, 0.3) is 0 Å². The number of nitrogens with zero attached hydrogens (tertiary/aromatic N) is 1. The van der Waals surface area contributed by atoms with Crippen molar-refractivity contribution in [1.29, 1.82) is 0 Å². The first-order valence-electron chi connectivity index (χ1n) is 11.2. The Morgan fingerprint density at radius 3 is 2.20 bits per heavy atom. The molecule has 3 rings (SSSR count). The predicted octanol–water partition coefficient (Wildman–Crippen LogP) is 4.29. The van der Waals surface area contributed by atoms with Crippen molar-refractivity contribution in [3.63, 3.8) is 0 Å². The van der Waals surface area contributed by atoms with Crippen molar-refractivity contribution < 1.29 is 22.7 Å². The van der Waals surface area contributed by atoms with Gasteiger partial charge in [0.25, 0.3) is 0 Å². The number of hydrogen-bond acceptors (Lipinski definition) is 7. The molecule has 1 aliphatic rings. The molecule has 0 amide bonds. The van der Waals surface area contributed by atoms with E-state index in [0.717, 1.165) is 10.4 Å². The molecule has 0 fully saturated rings. The minimum Gasteiger partial charge on any atom is -0.465 e. The first-order valence-corrected chi connectivity index (χ1v) is 13.4. The Morgan fingerprint density at radius 1 is 1.11 bits per heavy atom. The number of ketones is 1. The molecule has 0 unspecified atom stereocenters. The van der Waals surface area contributed by atoms with Gasteiger partial charge < -0.3 is 10.1 Å². The Hall–Kier alpha value is -2.59. The molecule has 188 valence electrons. The van der Waals surface area contributed by atoms with E-state index in [9.17, 15) is 18.0 Å². The van der Waals surface area contributed by atoms with Crippen molar-refractivity contribution >= 4 is 33.1 Å². The van der Waals surface area contributed by atoms with Crippen LogP contribution in [0.15, 0.2) is 54.5 Å². The number of methoxy groups -OCH3 is 1. The summed E-state index contributed by atoms with van der Waals surface area (Å²) >= 11 is 1.28. The highest BCUT2D eigenvalue weighted by molar-refractivity contribution is 7.89. The number of carbonyl (C=O) groups is 2. The van der Waals surface area contributed by atoms with Crippen molar-refractivity contribution in [3.8, 4) is 0 Å². The van der Waals surface area contributed by atoms with Crippen LogP contribution in [0.5, 0.6) is 0 Å². The number of sulfonamides is 1. The van der Waals surface area contributed by atoms with Crippen molar-refractivity contribution in [2.24, 2.45) is 0 Å². The highest BCUT2D eigenvalue weighted by atomic mass is 32.2. The van der Waals surface area contributed by atoms with Gasteiger partial charge in [0.1, 0.15) is 0 Å². The van der Waals surface area contributed by atoms with Crippen LogP contribution in [0, 0.1) is 0 Å². The quantitative estimate of drug-likeness (QED) is 0.304. The molecule has 1 N–H and O–H groups in total. The van der Waals surface area contributed by atoms with E-state index in [1.165, 1.54) is 59.2 Å². The number of esters is 1. The lowest BCUT2D eigenvalue weighted by atomic mass is 9.81. The Bertz CT molecular complexity index is 1260. The van der Waals surface area contributed by atoms with Gasteiger partial charge in [-0.1, -0.05) is 12.2 Å². The zero-order valence-electron chi connectivity index (χ0n) is 20.8. The van der Waals surface area contributed by atoms with Crippen LogP contribution in [-0.2, 0) is 26.7 Å². The molecule has 0 atom stereocenters. The molecule has 1 aromatic carbocycles. The lowest BCUT2D eigenvalue weighted by Crippen LogP contribution is -2.55. The van der Waals surface area contributed by atoms with Gasteiger partial charge in [0.15, 0.2) is 0 Å². The van der Waals surface area contributed by atoms with Gasteiger partial charge in [0.2, 0.25) is 15.8 Å². The average Bonchev–Trinajstić information content (AvgIpc) is 3.16. The molecular weight excluding hydrogens is 484 g/mol. The van der Waals surface area contributed by atoms with Gasteiger partial charge in [0, 0.05) is 34.6 Å². The van der Waals surface area contributed by atoms with E-state index < -0.39 is 21.5 Å². The van der Waals surface area contributed by atoms with E-state index >= 15 is 0 Å². The van der Waals surface area contributed by atoms with Gasteiger partial charge in [-0.15, -0.1) is 24.5 Å². The second-order valence-corrected chi connectivity index (χ2v) is 12.6. The number of carbonyl (C=O) groups excluding carboxylic acids is 2. The maximum absolute atomic E-state index is 13.6. The van der Waals surface area contributed by atoms with Crippen LogP contribution in [0.3, 0.4) is 0 Å². The Morgan fingerprint density at radius 2 is 1.69 bits per heavy atom. The summed E-state index contributed by atoms with van der Waals surface area (Å²) in [5, 5.41) is 3.58. The SMILES string of the molecule is C=CCN(CC=C)S(=O)(=O)c1ccc(C(=O)c2sc3c(c2C(=O)OC)CC(C)(C)NC3(C)C)cc1. The standard InChI is InChI=1S/C26H32N2O5S2/c1-8-14-28(15-9-2)35(31,32)18-12-10-17(11-13-18)21(29)22-20(24(30)33-7)19-16-25(3,4)27-26(5,6)23(19)34-22/h8-13,27H,1-2,14-16H2,3-7H3. The first kappa shape index (κ1) is 27.0. The molecule has 0 saturated heterocycles. The Labute approximate surface area is 211 Å². The Balaban J connectivity index is 2.06. The molecule has 1 aliphatic heterocycles. The number of benzene rings is 1. The molecule has 2 heterocycles. The highest BCUT2D eigenvalue weighted by Crippen LogP contribution is 2.43. The summed E-state index contributed by atoms with van der Waals surface area (Å²) in [4.78, 5) is 27.7. The van der Waals surface area contributed by atoms with Gasteiger partial charge in [-0.3, -0.25) is 4.79 Å². The monoisotopic (exact) mass is 516 g/mol. The molecule has 0 spiro atoms. The smallest absolute Gasteiger partial charge is 0.339 e. The van der Waals surface area contributed by atoms with Crippen molar-refractivity contribution in [2.75, 3.05) is 20.2 Å². The van der Waals surface area contributed by atoms with Crippen LogP contribution >= 0.6 is 11.3 Å². The molecule has 0 radical (unpaired) electrons. The number of thiophene rings is 1. The second kappa shape index (κ2) is 9.81. The zero-order chi connectivity index (χ0) is 26.2. The maximum Gasteiger partial charge on any atom is 0.339 e. The average molecular weight is 517 g/mol. The van der Waals surface area contributed by atoms with Crippen LogP contribution in [-0.4, -0.2) is 50.2 Å². The largest absolute Gasteiger partial charge is 0.465 e. The van der Waals surface area contributed by atoms with Gasteiger partial charge in [-0.25, -0.2) is 13.2 Å². The molecule has 7 nitrogen and oxygen atoms in total. The third-order valence-corrected chi connectivity index (χ3v) is 9.26. The molecule has 1 aromatic heterocycles. The summed E-state index contributed by atoms with van der Waals surface area (Å²) in [6.07, 6.45) is 3.58. The van der Waals surface area contributed by atoms with Crippen molar-refractivity contribution in [2.45, 2.75) is 50.1 Å². The molecule has 0 bridgehead atoms. The summed E-state index contributed by atoms with van der Waals surface area (Å²) in [6.45, 7) is 15.7. The van der Waals surface area contributed by atoms with Crippen molar-refractivity contribution in [1.82, 2.24) is 9.62 Å². The third kappa shape index (κ3) is 5.18. The van der Waals surface area contributed by atoms with Crippen LogP contribution in [0.2, 0.25) is 0 Å². The van der Waals surface area contributed by atoms with Crippen molar-refractivity contribution in [3.05, 3.63) is 76.0 Å². The summed E-state index contributed by atoms with van der Waals surface area (Å²) in [6, 6.07) is 5.76. The lowest BCUT2D eigenvalue weighted by Gasteiger charge is -2.42. The molecule has 35 heavy (non-hydrogen) atoms. The van der Waals surface area contributed by atoms with E-state index in [0.29, 0.717) is 16.9 Å².